The summed E-state index contributed by atoms with van der Waals surface area (Å²) in [6.45, 7) is 3.19. The number of nitrogens with one attached hydrogen (secondary N) is 1. The first kappa shape index (κ1) is 10.4. The Morgan fingerprint density at radius 3 is 2.45 bits per heavy atom. The second kappa shape index (κ2) is 4.31. The van der Waals surface area contributed by atoms with Crippen molar-refractivity contribution < 1.29 is 9.90 Å². The molecular weight excluding hydrogens is 233 g/mol. The third-order valence-corrected chi connectivity index (χ3v) is 1.37. The van der Waals surface area contributed by atoms with E-state index in [0.29, 0.717) is 0 Å². The summed E-state index contributed by atoms with van der Waals surface area (Å²) in [4.78, 5) is 10.2. The van der Waals surface area contributed by atoms with Gasteiger partial charge in [0.25, 0.3) is 0 Å². The summed E-state index contributed by atoms with van der Waals surface area (Å²) >= 11 is 8.21. The first-order valence-electron chi connectivity index (χ1n) is 2.49. The third-order valence-electron chi connectivity index (χ3n) is 0.800. The Morgan fingerprint density at radius 2 is 2.18 bits per heavy atom. The number of hydrogen-bond donors (Lipinski definition) is 2. The van der Waals surface area contributed by atoms with E-state index in [-0.39, 0.29) is 15.2 Å². The second-order valence-electron chi connectivity index (χ2n) is 1.62. The van der Waals surface area contributed by atoms with Gasteiger partial charge in [0.05, 0.1) is 15.2 Å². The molecule has 0 radical (unpaired) electrons. The summed E-state index contributed by atoms with van der Waals surface area (Å²) in [7, 11) is 0. The van der Waals surface area contributed by atoms with Crippen molar-refractivity contribution in [1.82, 2.24) is 0 Å². The van der Waals surface area contributed by atoms with E-state index in [9.17, 15) is 4.79 Å². The van der Waals surface area contributed by atoms with Crippen molar-refractivity contribution in [2.75, 3.05) is 0 Å². The number of allylic oxidation sites excluding steroid dienone is 1. The maximum atomic E-state index is 10.2. The van der Waals surface area contributed by atoms with Crippen LogP contribution in [0.3, 0.4) is 0 Å². The zero-order valence-corrected chi connectivity index (χ0v) is 7.74. The zero-order valence-electron chi connectivity index (χ0n) is 5.40. The standard InChI is InChI=1S/C6H5BrClNO2/c1-3(6(10)11)4(8)2-5(7)9/h2,9H,1H2,(H,10,11)/b4-2+,9-5?. The van der Waals surface area contributed by atoms with Crippen molar-refractivity contribution in [1.29, 1.82) is 5.41 Å². The lowest BCUT2D eigenvalue weighted by atomic mass is 10.3. The predicted molar refractivity (Wildman–Crippen MR) is 47.4 cm³/mol. The van der Waals surface area contributed by atoms with Gasteiger partial charge in [0.15, 0.2) is 0 Å². The van der Waals surface area contributed by atoms with Crippen molar-refractivity contribution in [3.8, 4) is 0 Å². The molecule has 0 aromatic heterocycles. The van der Waals surface area contributed by atoms with E-state index in [0.717, 1.165) is 6.08 Å². The minimum atomic E-state index is -1.19. The Morgan fingerprint density at radius 1 is 1.73 bits per heavy atom. The molecule has 0 bridgehead atoms. The zero-order chi connectivity index (χ0) is 9.02. The highest BCUT2D eigenvalue weighted by Crippen LogP contribution is 2.13. The van der Waals surface area contributed by atoms with Gasteiger partial charge < -0.3 is 5.11 Å². The molecule has 5 heteroatoms. The fourth-order valence-corrected chi connectivity index (χ4v) is 0.851. The van der Waals surface area contributed by atoms with Gasteiger partial charge in [-0.1, -0.05) is 18.2 Å². The molecule has 0 saturated heterocycles. The average molecular weight is 238 g/mol. The first-order chi connectivity index (χ1) is 4.95. The van der Waals surface area contributed by atoms with Gasteiger partial charge in [-0.15, -0.1) is 0 Å². The van der Waals surface area contributed by atoms with Crippen LogP contribution in [-0.2, 0) is 4.79 Å². The molecule has 2 N–H and O–H groups in total. The Bertz CT molecular complexity index is 247. The van der Waals surface area contributed by atoms with Crippen LogP contribution >= 0.6 is 27.5 Å². The molecule has 0 spiro atoms. The van der Waals surface area contributed by atoms with Gasteiger partial charge in [0.2, 0.25) is 0 Å². The molecule has 0 heterocycles. The maximum absolute atomic E-state index is 10.2. The smallest absolute Gasteiger partial charge is 0.336 e. The summed E-state index contributed by atoms with van der Waals surface area (Å²) in [5.74, 6) is -1.19. The van der Waals surface area contributed by atoms with Crippen LogP contribution in [0.4, 0.5) is 0 Å². The Balaban J connectivity index is 4.49. The molecule has 0 rings (SSSR count). The summed E-state index contributed by atoms with van der Waals surface area (Å²) in [5, 5.41) is 15.2. The summed E-state index contributed by atoms with van der Waals surface area (Å²) in [5.41, 5.74) is -0.226. The number of carbonyl (C=O) groups is 1. The number of carboxylic acid groups (broad SMARTS) is 1. The SMILES string of the molecule is C=C(C(=O)O)/C(Cl)=C\C(=N)Br. The second-order valence-corrected chi connectivity index (χ2v) is 2.89. The van der Waals surface area contributed by atoms with E-state index < -0.39 is 5.97 Å². The van der Waals surface area contributed by atoms with Crippen molar-refractivity contribution in [2.24, 2.45) is 0 Å². The number of halogens is 2. The van der Waals surface area contributed by atoms with Crippen LogP contribution in [0.5, 0.6) is 0 Å². The Kier molecular flexibility index (Phi) is 4.07. The minimum Gasteiger partial charge on any atom is -0.478 e. The molecule has 0 aliphatic carbocycles. The van der Waals surface area contributed by atoms with E-state index in [1.165, 1.54) is 0 Å². The molecular formula is C6H5BrClNO2. The molecule has 11 heavy (non-hydrogen) atoms. The highest BCUT2D eigenvalue weighted by atomic mass is 79.9. The molecule has 0 amide bonds. The number of hydrogen-bond acceptors (Lipinski definition) is 2. The Hall–Kier alpha value is -0.610. The van der Waals surface area contributed by atoms with Crippen LogP contribution in [0.25, 0.3) is 0 Å². The fraction of sp³-hybridized carbons (Fsp3) is 0. The van der Waals surface area contributed by atoms with E-state index in [1.807, 2.05) is 0 Å². The molecule has 0 atom stereocenters. The van der Waals surface area contributed by atoms with Crippen LogP contribution in [0, 0.1) is 5.41 Å². The van der Waals surface area contributed by atoms with Gasteiger partial charge in [0.1, 0.15) is 0 Å². The molecule has 0 aliphatic heterocycles. The topological polar surface area (TPSA) is 61.1 Å². The lowest BCUT2D eigenvalue weighted by molar-refractivity contribution is -0.132. The number of carboxylic acids is 1. The van der Waals surface area contributed by atoms with Crippen LogP contribution in [0.15, 0.2) is 23.3 Å². The first-order valence-corrected chi connectivity index (χ1v) is 3.66. The molecule has 0 aromatic carbocycles. The van der Waals surface area contributed by atoms with Gasteiger partial charge in [-0.25, -0.2) is 4.79 Å². The third kappa shape index (κ3) is 3.95. The lowest BCUT2D eigenvalue weighted by Crippen LogP contribution is -1.99. The highest BCUT2D eigenvalue weighted by Gasteiger charge is 2.07. The van der Waals surface area contributed by atoms with E-state index in [4.69, 9.17) is 22.1 Å². The fourth-order valence-electron chi connectivity index (χ4n) is 0.301. The Labute approximate surface area is 77.0 Å². The van der Waals surface area contributed by atoms with E-state index in [1.54, 1.807) is 0 Å². The van der Waals surface area contributed by atoms with Crippen LogP contribution in [0.2, 0.25) is 0 Å². The van der Waals surface area contributed by atoms with Crippen molar-refractivity contribution >= 4 is 38.1 Å². The quantitative estimate of drug-likeness (QED) is 0.449. The van der Waals surface area contributed by atoms with Crippen molar-refractivity contribution in [3.05, 3.63) is 23.3 Å². The van der Waals surface area contributed by atoms with Crippen molar-refractivity contribution in [2.45, 2.75) is 0 Å². The van der Waals surface area contributed by atoms with Gasteiger partial charge >= 0.3 is 5.97 Å². The van der Waals surface area contributed by atoms with Crippen LogP contribution in [0.1, 0.15) is 0 Å². The summed E-state index contributed by atoms with van der Waals surface area (Å²) in [6.07, 6.45) is 1.15. The van der Waals surface area contributed by atoms with Gasteiger partial charge in [-0.05, 0) is 22.0 Å². The van der Waals surface area contributed by atoms with Gasteiger partial charge in [-0.3, -0.25) is 5.41 Å². The molecule has 0 aromatic rings. The van der Waals surface area contributed by atoms with Gasteiger partial charge in [-0.2, -0.15) is 0 Å². The summed E-state index contributed by atoms with van der Waals surface area (Å²) in [6, 6.07) is 0. The maximum Gasteiger partial charge on any atom is 0.336 e. The summed E-state index contributed by atoms with van der Waals surface area (Å²) < 4.78 is 0.00454. The molecule has 60 valence electrons. The van der Waals surface area contributed by atoms with E-state index in [2.05, 4.69) is 22.5 Å². The normalized spacial score (nSPS) is 10.9. The predicted octanol–water partition coefficient (Wildman–Crippen LogP) is 2.12. The highest BCUT2D eigenvalue weighted by molar-refractivity contribution is 9.18. The molecule has 0 unspecified atom stereocenters. The monoisotopic (exact) mass is 237 g/mol. The molecule has 3 nitrogen and oxygen atoms in total. The van der Waals surface area contributed by atoms with Crippen LogP contribution < -0.4 is 0 Å². The minimum absolute atomic E-state index is 0.00454. The largest absolute Gasteiger partial charge is 0.478 e. The average Bonchev–Trinajstić information content (AvgIpc) is 1.84. The van der Waals surface area contributed by atoms with Crippen molar-refractivity contribution in [3.63, 3.8) is 0 Å². The van der Waals surface area contributed by atoms with Gasteiger partial charge in [0, 0.05) is 0 Å². The van der Waals surface area contributed by atoms with E-state index >= 15 is 0 Å². The molecule has 0 saturated carbocycles. The number of rotatable bonds is 3. The number of aliphatic carboxylic acids is 1. The van der Waals surface area contributed by atoms with Crippen LogP contribution in [-0.4, -0.2) is 15.7 Å². The molecule has 0 fully saturated rings. The lowest BCUT2D eigenvalue weighted by Gasteiger charge is -1.94. The molecule has 0 aliphatic rings.